The first kappa shape index (κ1) is 8.62. The maximum atomic E-state index is 8.23. The maximum absolute atomic E-state index is 8.23. The molecule has 0 atom stereocenters. The average molecular weight is 161 g/mol. The maximum Gasteiger partial charge on any atom is 0.0404 e. The largest absolute Gasteiger partial charge is 0.0613 e. The third-order valence-electron chi connectivity index (χ3n) is 1.82. The number of hydrogen-bond donors (Lipinski definition) is 0. The number of nitrogens with zero attached hydrogens (tertiary/aromatic N) is 3. The third-order valence-corrected chi connectivity index (χ3v) is 1.82. The van der Waals surface area contributed by atoms with Crippen molar-refractivity contribution in [3.8, 4) is 0 Å². The number of azide groups is 1. The summed E-state index contributed by atoms with van der Waals surface area (Å²) in [5.41, 5.74) is 11.2. The van der Waals surface area contributed by atoms with E-state index in [9.17, 15) is 0 Å². The highest BCUT2D eigenvalue weighted by Crippen LogP contribution is 2.19. The van der Waals surface area contributed by atoms with Crippen molar-refractivity contribution in [3.05, 3.63) is 39.8 Å². The van der Waals surface area contributed by atoms with Crippen molar-refractivity contribution in [2.45, 2.75) is 20.3 Å². The Bertz CT molecular complexity index is 325. The molecular formula is C9H11N3. The Hall–Kier alpha value is -1.47. The van der Waals surface area contributed by atoms with Crippen molar-refractivity contribution in [2.75, 3.05) is 0 Å². The smallest absolute Gasteiger partial charge is 0.0404 e. The molecule has 1 aromatic carbocycles. The molecule has 0 aliphatic heterocycles. The minimum Gasteiger partial charge on any atom is -0.0613 e. The predicted octanol–water partition coefficient (Wildman–Crippen LogP) is 3.50. The van der Waals surface area contributed by atoms with Gasteiger partial charge in [0.1, 0.15) is 0 Å². The van der Waals surface area contributed by atoms with E-state index >= 15 is 0 Å². The molecule has 0 aliphatic carbocycles. The predicted molar refractivity (Wildman–Crippen MR) is 49.4 cm³/mol. The van der Waals surface area contributed by atoms with Crippen LogP contribution in [0.25, 0.3) is 10.4 Å². The van der Waals surface area contributed by atoms with Gasteiger partial charge in [-0.3, -0.25) is 0 Å². The highest BCUT2D eigenvalue weighted by atomic mass is 15.1. The van der Waals surface area contributed by atoms with Crippen molar-refractivity contribution in [2.24, 2.45) is 5.11 Å². The molecule has 0 amide bonds. The number of benzene rings is 1. The van der Waals surface area contributed by atoms with E-state index in [4.69, 9.17) is 5.53 Å². The molecule has 0 radical (unpaired) electrons. The van der Waals surface area contributed by atoms with Crippen LogP contribution in [-0.4, -0.2) is 0 Å². The first-order chi connectivity index (χ1) is 5.77. The Balaban J connectivity index is 3.11. The lowest BCUT2D eigenvalue weighted by molar-refractivity contribution is 1.13. The second kappa shape index (κ2) is 3.79. The van der Waals surface area contributed by atoms with Crippen LogP contribution in [0.1, 0.15) is 18.1 Å². The normalized spacial score (nSPS) is 9.17. The molecular weight excluding hydrogens is 150 g/mol. The first-order valence-corrected chi connectivity index (χ1v) is 3.92. The van der Waals surface area contributed by atoms with Gasteiger partial charge in [0.25, 0.3) is 0 Å². The second-order valence-electron chi connectivity index (χ2n) is 2.66. The lowest BCUT2D eigenvalue weighted by Gasteiger charge is -2.01. The van der Waals surface area contributed by atoms with Crippen molar-refractivity contribution in [1.82, 2.24) is 0 Å². The third kappa shape index (κ3) is 1.77. The quantitative estimate of drug-likeness (QED) is 0.362. The zero-order valence-electron chi connectivity index (χ0n) is 7.28. The molecule has 3 nitrogen and oxygen atoms in total. The Morgan fingerprint density at radius 3 is 2.75 bits per heavy atom. The van der Waals surface area contributed by atoms with Crippen molar-refractivity contribution >= 4 is 5.69 Å². The molecule has 0 saturated heterocycles. The Kier molecular flexibility index (Phi) is 2.72. The lowest BCUT2D eigenvalue weighted by atomic mass is 10.1. The van der Waals surface area contributed by atoms with Crippen LogP contribution in [0.4, 0.5) is 5.69 Å². The summed E-state index contributed by atoms with van der Waals surface area (Å²) in [6, 6.07) is 5.88. The molecule has 0 aliphatic rings. The van der Waals surface area contributed by atoms with Gasteiger partial charge < -0.3 is 0 Å². The van der Waals surface area contributed by atoms with Gasteiger partial charge in [-0.15, -0.1) is 0 Å². The number of aryl methyl sites for hydroxylation is 2. The Labute approximate surface area is 71.7 Å². The summed E-state index contributed by atoms with van der Waals surface area (Å²) in [4.78, 5) is 2.75. The SMILES string of the molecule is CCc1ccc(N=[N+]=[N-])c(C)c1. The van der Waals surface area contributed by atoms with Crippen molar-refractivity contribution in [1.29, 1.82) is 0 Å². The summed E-state index contributed by atoms with van der Waals surface area (Å²) in [5.74, 6) is 0. The van der Waals surface area contributed by atoms with Gasteiger partial charge in [0.2, 0.25) is 0 Å². The molecule has 62 valence electrons. The van der Waals surface area contributed by atoms with E-state index in [2.05, 4.69) is 16.9 Å². The van der Waals surface area contributed by atoms with Crippen LogP contribution in [0.3, 0.4) is 0 Å². The summed E-state index contributed by atoms with van der Waals surface area (Å²) < 4.78 is 0. The fourth-order valence-electron chi connectivity index (χ4n) is 1.10. The summed E-state index contributed by atoms with van der Waals surface area (Å²) in [6.45, 7) is 4.05. The first-order valence-electron chi connectivity index (χ1n) is 3.92. The standard InChI is InChI=1S/C9H11N3/c1-3-8-4-5-9(11-12-10)7(2)6-8/h4-6H,3H2,1-2H3. The van der Waals surface area contributed by atoms with Crippen LogP contribution >= 0.6 is 0 Å². The highest BCUT2D eigenvalue weighted by molar-refractivity contribution is 5.46. The van der Waals surface area contributed by atoms with Crippen LogP contribution in [0.5, 0.6) is 0 Å². The van der Waals surface area contributed by atoms with Crippen LogP contribution in [0, 0.1) is 6.92 Å². The molecule has 12 heavy (non-hydrogen) atoms. The van der Waals surface area contributed by atoms with Crippen LogP contribution < -0.4 is 0 Å². The minimum atomic E-state index is 0.717. The molecule has 1 aromatic rings. The van der Waals surface area contributed by atoms with Crippen LogP contribution in [0.15, 0.2) is 23.3 Å². The van der Waals surface area contributed by atoms with Gasteiger partial charge in [0.15, 0.2) is 0 Å². The molecule has 0 fully saturated rings. The van der Waals surface area contributed by atoms with Gasteiger partial charge >= 0.3 is 0 Å². The number of rotatable bonds is 2. The van der Waals surface area contributed by atoms with Crippen LogP contribution in [0.2, 0.25) is 0 Å². The van der Waals surface area contributed by atoms with Gasteiger partial charge in [-0.2, -0.15) is 0 Å². The molecule has 0 heterocycles. The topological polar surface area (TPSA) is 48.8 Å². The molecule has 1 rings (SSSR count). The molecule has 0 saturated carbocycles. The van der Waals surface area contributed by atoms with Gasteiger partial charge in [0.05, 0.1) is 0 Å². The fourth-order valence-corrected chi connectivity index (χ4v) is 1.10. The molecule has 3 heteroatoms. The van der Waals surface area contributed by atoms with Gasteiger partial charge in [-0.1, -0.05) is 30.2 Å². The Morgan fingerprint density at radius 1 is 1.50 bits per heavy atom. The Morgan fingerprint density at radius 2 is 2.25 bits per heavy atom. The van der Waals surface area contributed by atoms with E-state index in [0.717, 1.165) is 17.7 Å². The van der Waals surface area contributed by atoms with Crippen molar-refractivity contribution < 1.29 is 0 Å². The zero-order chi connectivity index (χ0) is 8.97. The average Bonchev–Trinajstić information content (AvgIpc) is 2.09. The molecule has 0 spiro atoms. The molecule has 0 aromatic heterocycles. The van der Waals surface area contributed by atoms with Gasteiger partial charge in [0, 0.05) is 10.6 Å². The van der Waals surface area contributed by atoms with E-state index in [1.807, 2.05) is 25.1 Å². The number of hydrogen-bond acceptors (Lipinski definition) is 1. The molecule has 0 unspecified atom stereocenters. The summed E-state index contributed by atoms with van der Waals surface area (Å²) in [5, 5.41) is 3.56. The lowest BCUT2D eigenvalue weighted by Crippen LogP contribution is -1.80. The zero-order valence-corrected chi connectivity index (χ0v) is 7.28. The second-order valence-corrected chi connectivity index (χ2v) is 2.66. The summed E-state index contributed by atoms with van der Waals surface area (Å²) >= 11 is 0. The van der Waals surface area contributed by atoms with Gasteiger partial charge in [-0.25, -0.2) is 0 Å². The molecule has 0 N–H and O–H groups in total. The van der Waals surface area contributed by atoms with E-state index in [1.165, 1.54) is 5.56 Å². The summed E-state index contributed by atoms with van der Waals surface area (Å²) in [7, 11) is 0. The van der Waals surface area contributed by atoms with Crippen molar-refractivity contribution in [3.63, 3.8) is 0 Å². The highest BCUT2D eigenvalue weighted by Gasteiger charge is 1.95. The monoisotopic (exact) mass is 161 g/mol. The summed E-state index contributed by atoms with van der Waals surface area (Å²) in [6.07, 6.45) is 1.01. The van der Waals surface area contributed by atoms with E-state index in [1.54, 1.807) is 0 Å². The van der Waals surface area contributed by atoms with Gasteiger partial charge in [-0.05, 0) is 30.0 Å². The minimum absolute atomic E-state index is 0.717. The van der Waals surface area contributed by atoms with E-state index in [-0.39, 0.29) is 0 Å². The fraction of sp³-hybridized carbons (Fsp3) is 0.333. The van der Waals surface area contributed by atoms with E-state index < -0.39 is 0 Å². The van der Waals surface area contributed by atoms with Crippen LogP contribution in [-0.2, 0) is 6.42 Å². The van der Waals surface area contributed by atoms with E-state index in [0.29, 0.717) is 0 Å². The molecule has 0 bridgehead atoms.